The molecule has 0 aromatic carbocycles. The Balaban J connectivity index is 2.05. The summed E-state index contributed by atoms with van der Waals surface area (Å²) >= 11 is 0. The Kier molecular flexibility index (Phi) is 2.26. The van der Waals surface area contributed by atoms with Gasteiger partial charge < -0.3 is 9.84 Å². The van der Waals surface area contributed by atoms with Crippen LogP contribution in [0.5, 0.6) is 0 Å². The van der Waals surface area contributed by atoms with Crippen molar-refractivity contribution in [1.82, 2.24) is 4.90 Å². The summed E-state index contributed by atoms with van der Waals surface area (Å²) in [6.07, 6.45) is 3.69. The van der Waals surface area contributed by atoms with Crippen LogP contribution in [0, 0.1) is 0 Å². The molecular formula is C11H17NO3. The van der Waals surface area contributed by atoms with Crippen molar-refractivity contribution in [1.29, 1.82) is 0 Å². The third-order valence-corrected chi connectivity index (χ3v) is 2.69. The van der Waals surface area contributed by atoms with Crippen molar-refractivity contribution in [3.8, 4) is 0 Å². The van der Waals surface area contributed by atoms with E-state index in [0.29, 0.717) is 6.42 Å². The second kappa shape index (κ2) is 3.23. The van der Waals surface area contributed by atoms with Crippen LogP contribution in [0.2, 0.25) is 0 Å². The fourth-order valence-electron chi connectivity index (χ4n) is 2.11. The summed E-state index contributed by atoms with van der Waals surface area (Å²) in [5, 5.41) is 9.64. The third kappa shape index (κ3) is 1.86. The molecule has 4 nitrogen and oxygen atoms in total. The zero-order chi connectivity index (χ0) is 11.2. The molecule has 1 fully saturated rings. The van der Waals surface area contributed by atoms with E-state index in [1.54, 1.807) is 4.90 Å². The highest BCUT2D eigenvalue weighted by molar-refractivity contribution is 5.71. The van der Waals surface area contributed by atoms with Crippen LogP contribution in [0.4, 0.5) is 4.79 Å². The van der Waals surface area contributed by atoms with Gasteiger partial charge in [-0.25, -0.2) is 4.79 Å². The van der Waals surface area contributed by atoms with Gasteiger partial charge in [0.15, 0.2) is 0 Å². The molecule has 0 aromatic rings. The van der Waals surface area contributed by atoms with Crippen LogP contribution >= 0.6 is 0 Å². The van der Waals surface area contributed by atoms with Crippen molar-refractivity contribution < 1.29 is 14.6 Å². The van der Waals surface area contributed by atoms with Gasteiger partial charge in [-0.2, -0.15) is 0 Å². The maximum absolute atomic E-state index is 11.8. The van der Waals surface area contributed by atoms with E-state index in [1.165, 1.54) is 0 Å². The summed E-state index contributed by atoms with van der Waals surface area (Å²) in [5.41, 5.74) is -0.482. The van der Waals surface area contributed by atoms with Crippen LogP contribution in [-0.2, 0) is 4.74 Å². The molecule has 4 heteroatoms. The number of hydrogen-bond donors (Lipinski definition) is 1. The number of aliphatic hydroxyl groups is 1. The fraction of sp³-hybridized carbons (Fsp3) is 0.727. The van der Waals surface area contributed by atoms with Gasteiger partial charge in [-0.15, -0.1) is 0 Å². The maximum Gasteiger partial charge on any atom is 0.411 e. The quantitative estimate of drug-likeness (QED) is 0.614. The fourth-order valence-corrected chi connectivity index (χ4v) is 2.11. The first-order valence-corrected chi connectivity index (χ1v) is 5.26. The van der Waals surface area contributed by atoms with Gasteiger partial charge in [0, 0.05) is 0 Å². The summed E-state index contributed by atoms with van der Waals surface area (Å²) in [4.78, 5) is 13.4. The molecule has 3 atom stereocenters. The average Bonchev–Trinajstić information content (AvgIpc) is 2.55. The summed E-state index contributed by atoms with van der Waals surface area (Å²) in [6.45, 7) is 5.52. The van der Waals surface area contributed by atoms with Gasteiger partial charge in [0.25, 0.3) is 0 Å². The number of nitrogens with zero attached hydrogens (tertiary/aromatic N) is 1. The number of rotatable bonds is 0. The van der Waals surface area contributed by atoms with E-state index in [2.05, 4.69) is 0 Å². The minimum atomic E-state index is -0.482. The van der Waals surface area contributed by atoms with Crippen LogP contribution < -0.4 is 0 Å². The molecule has 0 aliphatic carbocycles. The molecule has 0 aromatic heterocycles. The van der Waals surface area contributed by atoms with Gasteiger partial charge in [0.05, 0.1) is 18.2 Å². The Morgan fingerprint density at radius 1 is 1.47 bits per heavy atom. The lowest BCUT2D eigenvalue weighted by Crippen LogP contribution is -2.41. The molecule has 2 aliphatic heterocycles. The van der Waals surface area contributed by atoms with Crippen LogP contribution in [0.1, 0.15) is 27.2 Å². The lowest BCUT2D eigenvalue weighted by Gasteiger charge is -2.27. The average molecular weight is 211 g/mol. The number of ether oxygens (including phenoxy) is 1. The van der Waals surface area contributed by atoms with Crippen LogP contribution in [-0.4, -0.2) is 39.9 Å². The van der Waals surface area contributed by atoms with Gasteiger partial charge >= 0.3 is 6.09 Å². The van der Waals surface area contributed by atoms with Crippen molar-refractivity contribution in [2.24, 2.45) is 0 Å². The molecule has 2 heterocycles. The zero-order valence-corrected chi connectivity index (χ0v) is 9.30. The van der Waals surface area contributed by atoms with Gasteiger partial charge in [-0.1, -0.05) is 12.2 Å². The molecule has 2 rings (SSSR count). The van der Waals surface area contributed by atoms with Crippen molar-refractivity contribution in [3.63, 3.8) is 0 Å². The Bertz CT molecular complexity index is 305. The molecule has 0 radical (unpaired) electrons. The minimum absolute atomic E-state index is 0.0137. The molecule has 2 bridgehead atoms. The second-order valence-corrected chi connectivity index (χ2v) is 5.13. The highest BCUT2D eigenvalue weighted by Crippen LogP contribution is 2.33. The predicted molar refractivity (Wildman–Crippen MR) is 55.4 cm³/mol. The van der Waals surface area contributed by atoms with E-state index in [9.17, 15) is 9.90 Å². The Hall–Kier alpha value is -1.03. The second-order valence-electron chi connectivity index (χ2n) is 5.13. The van der Waals surface area contributed by atoms with E-state index in [0.717, 1.165) is 0 Å². The van der Waals surface area contributed by atoms with Crippen LogP contribution in [0.15, 0.2) is 12.2 Å². The summed E-state index contributed by atoms with van der Waals surface area (Å²) in [5.74, 6) is 0. The Labute approximate surface area is 89.5 Å². The number of carbonyl (C=O) groups is 1. The van der Waals surface area contributed by atoms with Crippen molar-refractivity contribution in [2.75, 3.05) is 0 Å². The molecule has 1 N–H and O–H groups in total. The SMILES string of the molecule is CC(C)(C)OC(=O)N1C2C=CC1C(O)C2. The van der Waals surface area contributed by atoms with E-state index in [1.807, 2.05) is 32.9 Å². The smallest absolute Gasteiger partial charge is 0.411 e. The molecule has 1 saturated heterocycles. The largest absolute Gasteiger partial charge is 0.444 e. The van der Waals surface area contributed by atoms with E-state index >= 15 is 0 Å². The molecule has 3 unspecified atom stereocenters. The zero-order valence-electron chi connectivity index (χ0n) is 9.30. The monoisotopic (exact) mass is 211 g/mol. The Morgan fingerprint density at radius 2 is 2.13 bits per heavy atom. The van der Waals surface area contributed by atoms with E-state index in [4.69, 9.17) is 4.74 Å². The number of fused-ring (bicyclic) bond motifs is 2. The van der Waals surface area contributed by atoms with Crippen molar-refractivity contribution >= 4 is 6.09 Å². The molecule has 2 aliphatic rings. The predicted octanol–water partition coefficient (Wildman–Crippen LogP) is 1.30. The van der Waals surface area contributed by atoms with Gasteiger partial charge in [0.1, 0.15) is 5.60 Å². The summed E-state index contributed by atoms with van der Waals surface area (Å²) in [7, 11) is 0. The lowest BCUT2D eigenvalue weighted by atomic mass is 10.1. The standard InChI is InChI=1S/C11H17NO3/c1-11(2,3)15-10(14)12-7-4-5-8(12)9(13)6-7/h4-5,7-9,13H,6H2,1-3H3. The van der Waals surface area contributed by atoms with Gasteiger partial charge in [-0.05, 0) is 27.2 Å². The Morgan fingerprint density at radius 3 is 2.53 bits per heavy atom. The van der Waals surface area contributed by atoms with Crippen LogP contribution in [0.3, 0.4) is 0 Å². The molecule has 84 valence electrons. The maximum atomic E-state index is 11.8. The summed E-state index contributed by atoms with van der Waals surface area (Å²) < 4.78 is 5.29. The number of aliphatic hydroxyl groups excluding tert-OH is 1. The summed E-state index contributed by atoms with van der Waals surface area (Å²) in [6, 6.07) is -0.176. The molecule has 15 heavy (non-hydrogen) atoms. The molecule has 1 amide bonds. The molecule has 0 saturated carbocycles. The van der Waals surface area contributed by atoms with Crippen molar-refractivity contribution in [3.05, 3.63) is 12.2 Å². The minimum Gasteiger partial charge on any atom is -0.444 e. The van der Waals surface area contributed by atoms with Crippen LogP contribution in [0.25, 0.3) is 0 Å². The normalized spacial score (nSPS) is 33.6. The van der Waals surface area contributed by atoms with Gasteiger partial charge in [-0.3, -0.25) is 4.90 Å². The van der Waals surface area contributed by atoms with E-state index in [-0.39, 0.29) is 18.2 Å². The first-order valence-electron chi connectivity index (χ1n) is 5.26. The van der Waals surface area contributed by atoms with Crippen molar-refractivity contribution in [2.45, 2.75) is 51.0 Å². The third-order valence-electron chi connectivity index (χ3n) is 2.69. The van der Waals surface area contributed by atoms with E-state index < -0.39 is 11.7 Å². The first kappa shape index (κ1) is 10.5. The highest BCUT2D eigenvalue weighted by Gasteiger charge is 2.46. The molecular weight excluding hydrogens is 194 g/mol. The lowest BCUT2D eigenvalue weighted by molar-refractivity contribution is 0.0193. The number of amides is 1. The highest BCUT2D eigenvalue weighted by atomic mass is 16.6. The number of hydrogen-bond acceptors (Lipinski definition) is 3. The number of carbonyl (C=O) groups excluding carboxylic acids is 1. The molecule has 0 spiro atoms. The first-order chi connectivity index (χ1) is 6.88. The topological polar surface area (TPSA) is 49.8 Å². The van der Waals surface area contributed by atoms with Gasteiger partial charge in [0.2, 0.25) is 0 Å².